The maximum absolute atomic E-state index is 12.9. The van der Waals surface area contributed by atoms with E-state index in [9.17, 15) is 14.4 Å². The fourth-order valence-corrected chi connectivity index (χ4v) is 9.35. The highest BCUT2D eigenvalue weighted by Crippen LogP contribution is 2.19. The van der Waals surface area contributed by atoms with E-state index in [0.29, 0.717) is 19.3 Å². The van der Waals surface area contributed by atoms with Crippen LogP contribution in [-0.2, 0) is 28.6 Å². The van der Waals surface area contributed by atoms with Crippen molar-refractivity contribution in [1.82, 2.24) is 0 Å². The van der Waals surface area contributed by atoms with Crippen LogP contribution < -0.4 is 0 Å². The molecule has 0 aromatic heterocycles. The predicted octanol–water partition coefficient (Wildman–Crippen LogP) is 19.9. The molecule has 0 unspecified atom stereocenters. The second-order valence-corrected chi connectivity index (χ2v) is 22.4. The summed E-state index contributed by atoms with van der Waals surface area (Å²) in [5.41, 5.74) is 0. The molecule has 0 saturated heterocycles. The monoisotopic (exact) mass is 947 g/mol. The Morgan fingerprint density at radius 3 is 0.642 bits per heavy atom. The average molecular weight is 948 g/mol. The molecule has 398 valence electrons. The summed E-state index contributed by atoms with van der Waals surface area (Å²) in [6, 6.07) is 0. The van der Waals surface area contributed by atoms with Gasteiger partial charge < -0.3 is 14.2 Å². The highest BCUT2D eigenvalue weighted by molar-refractivity contribution is 5.71. The van der Waals surface area contributed by atoms with E-state index in [-0.39, 0.29) is 31.1 Å². The van der Waals surface area contributed by atoms with E-state index < -0.39 is 6.10 Å². The largest absolute Gasteiger partial charge is 0.462 e. The van der Waals surface area contributed by atoms with Gasteiger partial charge in [0, 0.05) is 19.3 Å². The van der Waals surface area contributed by atoms with Crippen LogP contribution in [0, 0.1) is 17.8 Å². The van der Waals surface area contributed by atoms with Crippen LogP contribution in [-0.4, -0.2) is 37.2 Å². The number of ether oxygens (including phenoxy) is 3. The third-order valence-corrected chi connectivity index (χ3v) is 13.9. The third kappa shape index (κ3) is 55.2. The molecule has 0 radical (unpaired) electrons. The van der Waals surface area contributed by atoms with Crippen LogP contribution in [0.4, 0.5) is 0 Å². The van der Waals surface area contributed by atoms with E-state index in [1.807, 2.05) is 0 Å². The molecular formula is C61H118O6. The Morgan fingerprint density at radius 2 is 0.433 bits per heavy atom. The van der Waals surface area contributed by atoms with Gasteiger partial charge in [0.2, 0.25) is 0 Å². The van der Waals surface area contributed by atoms with Gasteiger partial charge in [-0.25, -0.2) is 0 Å². The number of carbonyl (C=O) groups excluding carboxylic acids is 3. The molecule has 0 N–H and O–H groups in total. The van der Waals surface area contributed by atoms with Crippen LogP contribution in [0.15, 0.2) is 0 Å². The summed E-state index contributed by atoms with van der Waals surface area (Å²) >= 11 is 0. The van der Waals surface area contributed by atoms with Crippen LogP contribution in [0.1, 0.15) is 337 Å². The molecule has 0 aromatic carbocycles. The van der Waals surface area contributed by atoms with Gasteiger partial charge in [0.25, 0.3) is 0 Å². The molecule has 0 saturated carbocycles. The van der Waals surface area contributed by atoms with E-state index in [4.69, 9.17) is 14.2 Å². The van der Waals surface area contributed by atoms with Crippen molar-refractivity contribution in [2.75, 3.05) is 13.2 Å². The summed E-state index contributed by atoms with van der Waals surface area (Å²) in [7, 11) is 0. The Labute approximate surface area is 418 Å². The standard InChI is InChI=1S/C61H118O6/c1-55(2)47-41-35-29-23-18-14-10-7-8-12-17-21-27-34-40-46-52-61(64)67-58(54-66-60(63)51-45-39-33-28-22-25-31-37-43-49-57(5)6)53-65-59(62)50-44-38-32-26-20-16-13-9-11-15-19-24-30-36-42-48-56(3)4/h55-58H,7-54H2,1-6H3/t58-/m1/s1. The first kappa shape index (κ1) is 65.4. The Hall–Kier alpha value is -1.59. The minimum atomic E-state index is -0.764. The molecule has 6 heteroatoms. The molecule has 0 fully saturated rings. The van der Waals surface area contributed by atoms with Crippen LogP contribution in [0.5, 0.6) is 0 Å². The molecule has 0 bridgehead atoms. The van der Waals surface area contributed by atoms with Crippen LogP contribution in [0.3, 0.4) is 0 Å². The fourth-order valence-electron chi connectivity index (χ4n) is 9.35. The normalized spacial score (nSPS) is 12.1. The van der Waals surface area contributed by atoms with Gasteiger partial charge in [-0.3, -0.25) is 14.4 Å². The Balaban J connectivity index is 4.27. The highest BCUT2D eigenvalue weighted by atomic mass is 16.6. The molecular weight excluding hydrogens is 829 g/mol. The quantitative estimate of drug-likeness (QED) is 0.0343. The van der Waals surface area contributed by atoms with Crippen molar-refractivity contribution in [2.45, 2.75) is 343 Å². The van der Waals surface area contributed by atoms with Gasteiger partial charge in [0.15, 0.2) is 6.10 Å². The second kappa shape index (κ2) is 52.2. The lowest BCUT2D eigenvalue weighted by molar-refractivity contribution is -0.167. The van der Waals surface area contributed by atoms with Crippen LogP contribution in [0.25, 0.3) is 0 Å². The zero-order valence-electron chi connectivity index (χ0n) is 46.2. The first-order valence-corrected chi connectivity index (χ1v) is 30.1. The molecule has 0 aliphatic rings. The smallest absolute Gasteiger partial charge is 0.306 e. The maximum atomic E-state index is 12.9. The molecule has 1 atom stereocenters. The van der Waals surface area contributed by atoms with Gasteiger partial charge in [-0.2, -0.15) is 0 Å². The summed E-state index contributed by atoms with van der Waals surface area (Å²) in [5, 5.41) is 0. The first-order chi connectivity index (χ1) is 32.6. The van der Waals surface area contributed by atoms with Crippen molar-refractivity contribution in [3.63, 3.8) is 0 Å². The van der Waals surface area contributed by atoms with Crippen molar-refractivity contribution in [3.8, 4) is 0 Å². The molecule has 0 amide bonds. The van der Waals surface area contributed by atoms with Crippen molar-refractivity contribution in [2.24, 2.45) is 17.8 Å². The van der Waals surface area contributed by atoms with Crippen molar-refractivity contribution >= 4 is 17.9 Å². The SMILES string of the molecule is CC(C)CCCCCCCCCCCCCCCCCCC(=O)O[C@H](COC(=O)CCCCCCCCCCCCCCCCCC(C)C)COC(=O)CCCCCCCCCCCC(C)C. The summed E-state index contributed by atoms with van der Waals surface area (Å²) < 4.78 is 16.9. The van der Waals surface area contributed by atoms with Crippen molar-refractivity contribution < 1.29 is 28.6 Å². The van der Waals surface area contributed by atoms with Gasteiger partial charge in [-0.1, -0.05) is 298 Å². The maximum Gasteiger partial charge on any atom is 0.306 e. The summed E-state index contributed by atoms with van der Waals surface area (Å²) in [6.07, 6.45) is 55.3. The Kier molecular flexibility index (Phi) is 51.0. The Bertz CT molecular complexity index is 1040. The second-order valence-electron chi connectivity index (χ2n) is 22.4. The van der Waals surface area contributed by atoms with Crippen LogP contribution >= 0.6 is 0 Å². The van der Waals surface area contributed by atoms with Gasteiger partial charge in [0.05, 0.1) is 0 Å². The topological polar surface area (TPSA) is 78.9 Å². The lowest BCUT2D eigenvalue weighted by Crippen LogP contribution is -2.30. The third-order valence-electron chi connectivity index (χ3n) is 13.9. The highest BCUT2D eigenvalue weighted by Gasteiger charge is 2.19. The molecule has 0 aliphatic heterocycles. The van der Waals surface area contributed by atoms with E-state index in [2.05, 4.69) is 41.5 Å². The molecule has 67 heavy (non-hydrogen) atoms. The summed E-state index contributed by atoms with van der Waals surface area (Å²) in [6.45, 7) is 13.8. The van der Waals surface area contributed by atoms with Crippen LogP contribution in [0.2, 0.25) is 0 Å². The van der Waals surface area contributed by atoms with Crippen molar-refractivity contribution in [1.29, 1.82) is 0 Å². The molecule has 0 aromatic rings. The number of esters is 3. The molecule has 0 heterocycles. The zero-order chi connectivity index (χ0) is 49.1. The lowest BCUT2D eigenvalue weighted by Gasteiger charge is -2.18. The van der Waals surface area contributed by atoms with E-state index >= 15 is 0 Å². The van der Waals surface area contributed by atoms with E-state index in [1.54, 1.807) is 0 Å². The molecule has 0 rings (SSSR count). The van der Waals surface area contributed by atoms with Gasteiger partial charge in [-0.05, 0) is 37.0 Å². The Morgan fingerprint density at radius 1 is 0.254 bits per heavy atom. The predicted molar refractivity (Wildman–Crippen MR) is 289 cm³/mol. The van der Waals surface area contributed by atoms with Crippen molar-refractivity contribution in [3.05, 3.63) is 0 Å². The minimum absolute atomic E-state index is 0.0633. The van der Waals surface area contributed by atoms with Gasteiger partial charge >= 0.3 is 17.9 Å². The molecule has 0 spiro atoms. The molecule has 0 aliphatic carbocycles. The number of rotatable bonds is 54. The lowest BCUT2D eigenvalue weighted by atomic mass is 10.0. The van der Waals surface area contributed by atoms with E-state index in [0.717, 1.165) is 75.5 Å². The van der Waals surface area contributed by atoms with E-state index in [1.165, 1.54) is 218 Å². The summed E-state index contributed by atoms with van der Waals surface area (Å²) in [4.78, 5) is 38.2. The number of hydrogen-bond acceptors (Lipinski definition) is 6. The van der Waals surface area contributed by atoms with Gasteiger partial charge in [0.1, 0.15) is 13.2 Å². The first-order valence-electron chi connectivity index (χ1n) is 30.1. The average Bonchev–Trinajstić information content (AvgIpc) is 3.29. The summed E-state index contributed by atoms with van der Waals surface area (Å²) in [5.74, 6) is 1.67. The minimum Gasteiger partial charge on any atom is -0.462 e. The number of unbranched alkanes of at least 4 members (excludes halogenated alkanes) is 37. The zero-order valence-corrected chi connectivity index (χ0v) is 46.2. The number of carbonyl (C=O) groups is 3. The molecule has 6 nitrogen and oxygen atoms in total. The fraction of sp³-hybridized carbons (Fsp3) is 0.951. The number of hydrogen-bond donors (Lipinski definition) is 0. The van der Waals surface area contributed by atoms with Gasteiger partial charge in [-0.15, -0.1) is 0 Å².